The second kappa shape index (κ2) is 6.85. The van der Waals surface area contributed by atoms with Crippen molar-refractivity contribution in [1.82, 2.24) is 10.6 Å². The molecule has 6 heteroatoms. The number of hydrogen-bond donors (Lipinski definition) is 3. The first-order valence-corrected chi connectivity index (χ1v) is 5.32. The van der Waals surface area contributed by atoms with E-state index in [1.54, 1.807) is 20.8 Å². The van der Waals surface area contributed by atoms with Gasteiger partial charge in [-0.1, -0.05) is 18.2 Å². The summed E-state index contributed by atoms with van der Waals surface area (Å²) in [7, 11) is 1.53. The zero-order valence-electron chi connectivity index (χ0n) is 10.4. The van der Waals surface area contributed by atoms with Crippen molar-refractivity contribution in [2.24, 2.45) is 4.99 Å². The van der Waals surface area contributed by atoms with Crippen LogP contribution in [-0.2, 0) is 4.79 Å². The van der Waals surface area contributed by atoms with Crippen molar-refractivity contribution in [3.8, 4) is 0 Å². The summed E-state index contributed by atoms with van der Waals surface area (Å²) < 4.78 is 0. The SMILES string of the molecule is C=C(C)/C(=N\C(Cl)=C(C)C)C(=O)NC(=N)NC. The minimum atomic E-state index is -0.517. The molecule has 0 rings (SSSR count). The van der Waals surface area contributed by atoms with Gasteiger partial charge in [0.2, 0.25) is 0 Å². The molecule has 0 aromatic heterocycles. The molecule has 0 aromatic carbocycles. The van der Waals surface area contributed by atoms with Crippen LogP contribution in [0, 0.1) is 5.41 Å². The largest absolute Gasteiger partial charge is 0.359 e. The molecule has 94 valence electrons. The fraction of sp³-hybridized carbons (Fsp3) is 0.364. The van der Waals surface area contributed by atoms with Gasteiger partial charge in [-0.3, -0.25) is 15.5 Å². The van der Waals surface area contributed by atoms with E-state index < -0.39 is 5.91 Å². The lowest BCUT2D eigenvalue weighted by molar-refractivity contribution is -0.113. The van der Waals surface area contributed by atoms with Crippen LogP contribution >= 0.6 is 11.6 Å². The summed E-state index contributed by atoms with van der Waals surface area (Å²) in [5.41, 5.74) is 1.38. The summed E-state index contributed by atoms with van der Waals surface area (Å²) in [6.07, 6.45) is 0. The van der Waals surface area contributed by atoms with E-state index in [4.69, 9.17) is 17.0 Å². The number of carbonyl (C=O) groups excluding carboxylic acids is 1. The van der Waals surface area contributed by atoms with Crippen LogP contribution in [0.4, 0.5) is 0 Å². The van der Waals surface area contributed by atoms with Crippen molar-refractivity contribution in [2.45, 2.75) is 20.8 Å². The maximum absolute atomic E-state index is 11.7. The molecule has 0 saturated carbocycles. The summed E-state index contributed by atoms with van der Waals surface area (Å²) in [6.45, 7) is 8.88. The number of guanidine groups is 1. The lowest BCUT2D eigenvalue weighted by atomic mass is 10.2. The molecular weight excluding hydrogens is 240 g/mol. The quantitative estimate of drug-likeness (QED) is 0.409. The Kier molecular flexibility index (Phi) is 6.20. The van der Waals surface area contributed by atoms with Gasteiger partial charge in [0.05, 0.1) is 0 Å². The van der Waals surface area contributed by atoms with Crippen LogP contribution in [0.3, 0.4) is 0 Å². The third-order valence-electron chi connectivity index (χ3n) is 1.73. The van der Waals surface area contributed by atoms with Gasteiger partial charge >= 0.3 is 0 Å². The van der Waals surface area contributed by atoms with E-state index in [1.807, 2.05) is 0 Å². The van der Waals surface area contributed by atoms with Crippen molar-refractivity contribution in [3.63, 3.8) is 0 Å². The van der Waals surface area contributed by atoms with E-state index in [0.29, 0.717) is 5.57 Å². The average Bonchev–Trinajstić information content (AvgIpc) is 2.24. The Balaban J connectivity index is 5.14. The molecule has 0 aliphatic heterocycles. The normalized spacial score (nSPS) is 10.5. The Labute approximate surface area is 106 Å². The number of hydrogen-bond acceptors (Lipinski definition) is 3. The van der Waals surface area contributed by atoms with E-state index in [9.17, 15) is 4.79 Å². The molecule has 0 aliphatic rings. The number of amides is 1. The van der Waals surface area contributed by atoms with Crippen LogP contribution in [0.25, 0.3) is 0 Å². The number of carbonyl (C=O) groups is 1. The molecule has 0 aromatic rings. The van der Waals surface area contributed by atoms with Gasteiger partial charge in [-0.05, 0) is 31.9 Å². The van der Waals surface area contributed by atoms with Crippen molar-refractivity contribution >= 4 is 29.2 Å². The molecular formula is C11H17ClN4O. The first-order valence-electron chi connectivity index (χ1n) is 4.94. The molecule has 0 fully saturated rings. The predicted octanol–water partition coefficient (Wildman–Crippen LogP) is 1.76. The number of nitrogens with zero attached hydrogens (tertiary/aromatic N) is 1. The van der Waals surface area contributed by atoms with Crippen LogP contribution in [0.2, 0.25) is 0 Å². The zero-order chi connectivity index (χ0) is 13.6. The van der Waals surface area contributed by atoms with Gasteiger partial charge in [0.15, 0.2) is 5.96 Å². The molecule has 17 heavy (non-hydrogen) atoms. The van der Waals surface area contributed by atoms with Gasteiger partial charge in [0, 0.05) is 7.05 Å². The smallest absolute Gasteiger partial charge is 0.276 e. The number of allylic oxidation sites excluding steroid dienone is 1. The summed E-state index contributed by atoms with van der Waals surface area (Å²) in [6, 6.07) is 0. The Bertz CT molecular complexity index is 406. The molecule has 0 bridgehead atoms. The van der Waals surface area contributed by atoms with Crippen molar-refractivity contribution < 1.29 is 4.79 Å². The maximum atomic E-state index is 11.7. The molecule has 0 unspecified atom stereocenters. The van der Waals surface area contributed by atoms with Gasteiger partial charge < -0.3 is 5.32 Å². The van der Waals surface area contributed by atoms with Gasteiger partial charge in [-0.15, -0.1) is 0 Å². The van der Waals surface area contributed by atoms with Gasteiger partial charge in [-0.25, -0.2) is 4.99 Å². The van der Waals surface area contributed by atoms with E-state index in [1.165, 1.54) is 7.05 Å². The average molecular weight is 257 g/mol. The summed E-state index contributed by atoms with van der Waals surface area (Å²) in [5.74, 6) is -0.631. The molecule has 0 spiro atoms. The second-order valence-electron chi connectivity index (χ2n) is 3.61. The van der Waals surface area contributed by atoms with Crippen molar-refractivity contribution in [1.29, 1.82) is 5.41 Å². The molecule has 5 nitrogen and oxygen atoms in total. The molecule has 0 atom stereocenters. The predicted molar refractivity (Wildman–Crippen MR) is 71.4 cm³/mol. The van der Waals surface area contributed by atoms with E-state index in [2.05, 4.69) is 22.2 Å². The topological polar surface area (TPSA) is 77.3 Å². The Morgan fingerprint density at radius 3 is 2.24 bits per heavy atom. The first kappa shape index (κ1) is 15.4. The number of aliphatic imine (C=N–C) groups is 1. The Hall–Kier alpha value is -1.62. The minimum absolute atomic E-state index is 0.108. The maximum Gasteiger partial charge on any atom is 0.276 e. The third kappa shape index (κ3) is 5.31. The van der Waals surface area contributed by atoms with Crippen LogP contribution in [0.15, 0.2) is 27.9 Å². The standard InChI is InChI=1S/C11H17ClN4O/c1-6(2)8(15-9(12)7(3)4)10(17)16-11(13)14-5/h1H2,2-5H3,(H3,13,14,16,17)/b15-8+. The molecule has 0 heterocycles. The van der Waals surface area contributed by atoms with Crippen molar-refractivity contribution in [3.05, 3.63) is 22.9 Å². The highest BCUT2D eigenvalue weighted by atomic mass is 35.5. The highest BCUT2D eigenvalue weighted by Crippen LogP contribution is 2.11. The third-order valence-corrected chi connectivity index (χ3v) is 2.19. The molecule has 3 N–H and O–H groups in total. The molecule has 0 saturated heterocycles. The van der Waals surface area contributed by atoms with E-state index in [0.717, 1.165) is 5.57 Å². The van der Waals surface area contributed by atoms with Crippen LogP contribution in [0.5, 0.6) is 0 Å². The minimum Gasteiger partial charge on any atom is -0.359 e. The molecule has 0 aliphatic carbocycles. The van der Waals surface area contributed by atoms with Crippen molar-refractivity contribution in [2.75, 3.05) is 7.05 Å². The summed E-state index contributed by atoms with van der Waals surface area (Å²) in [4.78, 5) is 15.7. The summed E-state index contributed by atoms with van der Waals surface area (Å²) >= 11 is 5.87. The van der Waals surface area contributed by atoms with Gasteiger partial charge in [0.1, 0.15) is 10.9 Å². The fourth-order valence-electron chi connectivity index (χ4n) is 0.785. The van der Waals surface area contributed by atoms with Crippen LogP contribution in [-0.4, -0.2) is 24.6 Å². The second-order valence-corrected chi connectivity index (χ2v) is 3.97. The number of halogens is 1. The Morgan fingerprint density at radius 2 is 1.88 bits per heavy atom. The molecule has 0 radical (unpaired) electrons. The van der Waals surface area contributed by atoms with Crippen LogP contribution in [0.1, 0.15) is 20.8 Å². The van der Waals surface area contributed by atoms with E-state index in [-0.39, 0.29) is 16.8 Å². The highest BCUT2D eigenvalue weighted by molar-refractivity contribution is 6.48. The zero-order valence-corrected chi connectivity index (χ0v) is 11.2. The monoisotopic (exact) mass is 256 g/mol. The van der Waals surface area contributed by atoms with E-state index >= 15 is 0 Å². The van der Waals surface area contributed by atoms with Crippen LogP contribution < -0.4 is 10.6 Å². The Morgan fingerprint density at radius 1 is 1.35 bits per heavy atom. The first-order chi connectivity index (χ1) is 7.79. The lowest BCUT2D eigenvalue weighted by Crippen LogP contribution is -2.42. The number of nitrogens with one attached hydrogen (secondary N) is 3. The number of rotatable bonds is 3. The highest BCUT2D eigenvalue weighted by Gasteiger charge is 2.14. The molecule has 1 amide bonds. The van der Waals surface area contributed by atoms with Gasteiger partial charge in [-0.2, -0.15) is 0 Å². The fourth-order valence-corrected chi connectivity index (χ4v) is 0.870. The lowest BCUT2D eigenvalue weighted by Gasteiger charge is -2.08. The van der Waals surface area contributed by atoms with Gasteiger partial charge in [0.25, 0.3) is 5.91 Å². The summed E-state index contributed by atoms with van der Waals surface area (Å²) in [5, 5.41) is 12.3.